The summed E-state index contributed by atoms with van der Waals surface area (Å²) in [4.78, 5) is 8.71. The van der Waals surface area contributed by atoms with Gasteiger partial charge in [-0.15, -0.1) is 0 Å². The Labute approximate surface area is 111 Å². The molecule has 1 N–H and O–H groups in total. The average molecular weight is 253 g/mol. The van der Waals surface area contributed by atoms with E-state index in [1.165, 1.54) is 0 Å². The van der Waals surface area contributed by atoms with E-state index < -0.39 is 0 Å². The molecule has 2 aromatic heterocycles. The summed E-state index contributed by atoms with van der Waals surface area (Å²) < 4.78 is 2.12. The molecule has 0 amide bonds. The molecule has 2 heterocycles. The molecule has 96 valence electrons. The van der Waals surface area contributed by atoms with Crippen molar-refractivity contribution in [3.63, 3.8) is 0 Å². The molecule has 0 aliphatic rings. The van der Waals surface area contributed by atoms with Gasteiger partial charge in [-0.2, -0.15) is 0 Å². The number of aromatic hydroxyl groups is 1. The van der Waals surface area contributed by atoms with E-state index in [2.05, 4.69) is 28.4 Å². The third-order valence-electron chi connectivity index (χ3n) is 3.15. The maximum atomic E-state index is 10.0. The molecule has 19 heavy (non-hydrogen) atoms. The van der Waals surface area contributed by atoms with Gasteiger partial charge in [0, 0.05) is 12.2 Å². The van der Waals surface area contributed by atoms with Crippen molar-refractivity contribution in [1.82, 2.24) is 14.5 Å². The van der Waals surface area contributed by atoms with E-state index in [-0.39, 0.29) is 11.8 Å². The van der Waals surface area contributed by atoms with Crippen molar-refractivity contribution in [2.24, 2.45) is 0 Å². The molecule has 0 spiro atoms. The topological polar surface area (TPSA) is 50.9 Å². The first-order valence-electron chi connectivity index (χ1n) is 6.29. The SMILES string of the molecule is CC(C)n1c(-c2ccccc2O)nc2cnccc21. The number of benzene rings is 1. The van der Waals surface area contributed by atoms with Gasteiger partial charge in [0.25, 0.3) is 0 Å². The van der Waals surface area contributed by atoms with E-state index in [9.17, 15) is 5.11 Å². The van der Waals surface area contributed by atoms with Gasteiger partial charge in [0.1, 0.15) is 17.1 Å². The Morgan fingerprint density at radius 2 is 1.95 bits per heavy atom. The molecular weight excluding hydrogens is 238 g/mol. The number of para-hydroxylation sites is 1. The van der Waals surface area contributed by atoms with Crippen molar-refractivity contribution in [1.29, 1.82) is 0 Å². The van der Waals surface area contributed by atoms with Gasteiger partial charge in [0.15, 0.2) is 0 Å². The molecule has 0 aliphatic heterocycles. The van der Waals surface area contributed by atoms with Crippen molar-refractivity contribution in [3.8, 4) is 17.1 Å². The number of aromatic nitrogens is 3. The predicted octanol–water partition coefficient (Wildman–Crippen LogP) is 3.38. The second-order valence-corrected chi connectivity index (χ2v) is 4.78. The Hall–Kier alpha value is -2.36. The minimum atomic E-state index is 0.243. The quantitative estimate of drug-likeness (QED) is 0.761. The molecule has 3 aromatic rings. The lowest BCUT2D eigenvalue weighted by Crippen LogP contribution is -2.03. The molecule has 1 aromatic carbocycles. The first-order chi connectivity index (χ1) is 9.18. The van der Waals surface area contributed by atoms with Crippen LogP contribution in [0, 0.1) is 0 Å². The van der Waals surface area contributed by atoms with Crippen LogP contribution in [0.15, 0.2) is 42.7 Å². The minimum Gasteiger partial charge on any atom is -0.507 e. The van der Waals surface area contributed by atoms with Gasteiger partial charge in [0.2, 0.25) is 0 Å². The normalized spacial score (nSPS) is 11.3. The monoisotopic (exact) mass is 253 g/mol. The summed E-state index contributed by atoms with van der Waals surface area (Å²) in [6, 6.07) is 9.47. The van der Waals surface area contributed by atoms with Crippen molar-refractivity contribution < 1.29 is 5.11 Å². The molecule has 0 aliphatic carbocycles. The highest BCUT2D eigenvalue weighted by atomic mass is 16.3. The van der Waals surface area contributed by atoms with Gasteiger partial charge in [-0.1, -0.05) is 12.1 Å². The Morgan fingerprint density at radius 3 is 2.68 bits per heavy atom. The van der Waals surface area contributed by atoms with Gasteiger partial charge >= 0.3 is 0 Å². The summed E-state index contributed by atoms with van der Waals surface area (Å²) in [5.74, 6) is 1.02. The maximum Gasteiger partial charge on any atom is 0.145 e. The van der Waals surface area contributed by atoms with E-state index in [4.69, 9.17) is 0 Å². The minimum absolute atomic E-state index is 0.243. The largest absolute Gasteiger partial charge is 0.507 e. The lowest BCUT2D eigenvalue weighted by Gasteiger charge is -2.13. The zero-order valence-corrected chi connectivity index (χ0v) is 10.9. The fourth-order valence-corrected chi connectivity index (χ4v) is 2.33. The van der Waals surface area contributed by atoms with Crippen LogP contribution in [0.2, 0.25) is 0 Å². The van der Waals surface area contributed by atoms with Crippen LogP contribution in [0.5, 0.6) is 5.75 Å². The highest BCUT2D eigenvalue weighted by Gasteiger charge is 2.16. The number of rotatable bonds is 2. The van der Waals surface area contributed by atoms with Crippen molar-refractivity contribution in [3.05, 3.63) is 42.7 Å². The van der Waals surface area contributed by atoms with Crippen molar-refractivity contribution in [2.75, 3.05) is 0 Å². The molecule has 0 saturated carbocycles. The molecule has 4 heteroatoms. The van der Waals surface area contributed by atoms with Gasteiger partial charge in [-0.3, -0.25) is 4.98 Å². The number of imidazole rings is 1. The van der Waals surface area contributed by atoms with Crippen LogP contribution in [0.1, 0.15) is 19.9 Å². The molecule has 0 fully saturated rings. The number of phenols is 1. The summed E-state index contributed by atoms with van der Waals surface area (Å²) in [5.41, 5.74) is 2.62. The molecule has 0 bridgehead atoms. The average Bonchev–Trinajstić information content (AvgIpc) is 2.78. The lowest BCUT2D eigenvalue weighted by atomic mass is 10.2. The highest BCUT2D eigenvalue weighted by Crippen LogP contribution is 2.32. The fraction of sp³-hybridized carbons (Fsp3) is 0.200. The van der Waals surface area contributed by atoms with Gasteiger partial charge < -0.3 is 9.67 Å². The van der Waals surface area contributed by atoms with Gasteiger partial charge in [-0.05, 0) is 32.0 Å². The van der Waals surface area contributed by atoms with Crippen molar-refractivity contribution in [2.45, 2.75) is 19.9 Å². The second kappa shape index (κ2) is 4.39. The lowest BCUT2D eigenvalue weighted by molar-refractivity contribution is 0.476. The molecule has 0 saturated heterocycles. The maximum absolute atomic E-state index is 10.0. The number of pyridine rings is 1. The smallest absolute Gasteiger partial charge is 0.145 e. The first-order valence-corrected chi connectivity index (χ1v) is 6.29. The molecule has 0 unspecified atom stereocenters. The van der Waals surface area contributed by atoms with E-state index in [0.29, 0.717) is 0 Å². The van der Waals surface area contributed by atoms with Crippen molar-refractivity contribution >= 4 is 11.0 Å². The number of hydrogen-bond acceptors (Lipinski definition) is 3. The molecule has 0 atom stereocenters. The fourth-order valence-electron chi connectivity index (χ4n) is 2.33. The number of nitrogens with zero attached hydrogens (tertiary/aromatic N) is 3. The molecular formula is C15H15N3O. The molecule has 3 rings (SSSR count). The van der Waals surface area contributed by atoms with Gasteiger partial charge in [-0.25, -0.2) is 4.98 Å². The standard InChI is InChI=1S/C15H15N3O/c1-10(2)18-13-7-8-16-9-12(13)17-15(18)11-5-3-4-6-14(11)19/h3-10,19H,1-2H3. The summed E-state index contributed by atoms with van der Waals surface area (Å²) in [5, 5.41) is 10.0. The van der Waals surface area contributed by atoms with Crippen LogP contribution in [0.25, 0.3) is 22.4 Å². The summed E-state index contributed by atoms with van der Waals surface area (Å²) >= 11 is 0. The van der Waals surface area contributed by atoms with Crippen LogP contribution in [0.4, 0.5) is 0 Å². The first kappa shape index (κ1) is 11.7. The van der Waals surface area contributed by atoms with E-state index in [0.717, 1.165) is 22.4 Å². The number of hydrogen-bond donors (Lipinski definition) is 1. The van der Waals surface area contributed by atoms with Crippen LogP contribution in [-0.2, 0) is 0 Å². The number of fused-ring (bicyclic) bond motifs is 1. The van der Waals surface area contributed by atoms with Crippen LogP contribution in [-0.4, -0.2) is 19.6 Å². The molecule has 0 radical (unpaired) electrons. The summed E-state index contributed by atoms with van der Waals surface area (Å²) in [6.07, 6.45) is 3.51. The second-order valence-electron chi connectivity index (χ2n) is 4.78. The zero-order valence-electron chi connectivity index (χ0n) is 10.9. The highest BCUT2D eigenvalue weighted by molar-refractivity contribution is 5.81. The van der Waals surface area contributed by atoms with E-state index >= 15 is 0 Å². The van der Waals surface area contributed by atoms with E-state index in [1.54, 1.807) is 18.5 Å². The Morgan fingerprint density at radius 1 is 1.16 bits per heavy atom. The van der Waals surface area contributed by atoms with Crippen LogP contribution >= 0.6 is 0 Å². The van der Waals surface area contributed by atoms with Gasteiger partial charge in [0.05, 0.1) is 17.3 Å². The summed E-state index contributed by atoms with van der Waals surface area (Å²) in [7, 11) is 0. The Balaban J connectivity index is 2.35. The zero-order chi connectivity index (χ0) is 13.4. The predicted molar refractivity (Wildman–Crippen MR) is 75.0 cm³/mol. The Kier molecular flexibility index (Phi) is 2.71. The third kappa shape index (κ3) is 1.85. The van der Waals surface area contributed by atoms with E-state index in [1.807, 2.05) is 24.3 Å². The Bertz CT molecular complexity index is 731. The van der Waals surface area contributed by atoms with Crippen LogP contribution < -0.4 is 0 Å². The molecule has 4 nitrogen and oxygen atoms in total. The van der Waals surface area contributed by atoms with Crippen LogP contribution in [0.3, 0.4) is 0 Å². The number of phenolic OH excluding ortho intramolecular Hbond substituents is 1. The summed E-state index contributed by atoms with van der Waals surface area (Å²) in [6.45, 7) is 4.20. The third-order valence-corrected chi connectivity index (χ3v) is 3.15.